The largest absolute Gasteiger partial charge is 0.354 e. The van der Waals surface area contributed by atoms with Gasteiger partial charge in [-0.15, -0.1) is 0 Å². The fraction of sp³-hybridized carbons (Fsp3) is 0.0625. The van der Waals surface area contributed by atoms with E-state index in [4.69, 9.17) is 11.6 Å². The molecule has 1 heterocycles. The summed E-state index contributed by atoms with van der Waals surface area (Å²) in [5.41, 5.74) is 3.50. The predicted octanol–water partition coefficient (Wildman–Crippen LogP) is 4.16. The zero-order valence-electron chi connectivity index (χ0n) is 10.4. The molecule has 0 spiro atoms. The Labute approximate surface area is 115 Å². The highest BCUT2D eigenvalue weighted by Crippen LogP contribution is 2.24. The number of fused-ring (bicyclic) bond motifs is 1. The molecule has 0 aliphatic rings. The first-order valence-electron chi connectivity index (χ1n) is 6.04. The van der Waals surface area contributed by atoms with E-state index in [9.17, 15) is 4.79 Å². The number of rotatable bonds is 1. The van der Waals surface area contributed by atoms with Crippen molar-refractivity contribution in [3.63, 3.8) is 0 Å². The number of benzene rings is 2. The quantitative estimate of drug-likeness (QED) is 0.707. The smallest absolute Gasteiger partial charge is 0.190 e. The second-order valence-corrected chi connectivity index (χ2v) is 4.92. The van der Waals surface area contributed by atoms with Crippen molar-refractivity contribution in [2.45, 2.75) is 6.92 Å². The van der Waals surface area contributed by atoms with Gasteiger partial charge in [0.25, 0.3) is 0 Å². The SMILES string of the molecule is Cc1c(Cl)ccc2c(=O)cc(-c3ccccc3)[nH]c12. The standard InChI is InChI=1S/C16H12ClNO/c1-10-13(17)8-7-12-15(19)9-14(18-16(10)12)11-5-3-2-4-6-11/h2-9H,1H3,(H,18,19). The maximum Gasteiger partial charge on any atom is 0.190 e. The summed E-state index contributed by atoms with van der Waals surface area (Å²) in [6.07, 6.45) is 0. The first kappa shape index (κ1) is 12.0. The van der Waals surface area contributed by atoms with Crippen LogP contribution in [-0.2, 0) is 0 Å². The molecule has 0 amide bonds. The highest BCUT2D eigenvalue weighted by molar-refractivity contribution is 6.32. The van der Waals surface area contributed by atoms with E-state index in [1.54, 1.807) is 18.2 Å². The molecule has 0 saturated heterocycles. The van der Waals surface area contributed by atoms with E-state index in [2.05, 4.69) is 4.98 Å². The van der Waals surface area contributed by atoms with Crippen LogP contribution in [-0.4, -0.2) is 4.98 Å². The second kappa shape index (κ2) is 4.56. The predicted molar refractivity (Wildman–Crippen MR) is 79.8 cm³/mol. The third kappa shape index (κ3) is 2.04. The molecule has 1 aromatic heterocycles. The van der Waals surface area contributed by atoms with Gasteiger partial charge in [-0.05, 0) is 30.2 Å². The lowest BCUT2D eigenvalue weighted by Crippen LogP contribution is -2.04. The zero-order valence-corrected chi connectivity index (χ0v) is 11.2. The average molecular weight is 270 g/mol. The van der Waals surface area contributed by atoms with E-state index in [0.717, 1.165) is 22.3 Å². The lowest BCUT2D eigenvalue weighted by molar-refractivity contribution is 1.34. The zero-order chi connectivity index (χ0) is 13.4. The summed E-state index contributed by atoms with van der Waals surface area (Å²) in [7, 11) is 0. The lowest BCUT2D eigenvalue weighted by atomic mass is 10.1. The Morgan fingerprint density at radius 1 is 1.05 bits per heavy atom. The molecule has 0 saturated carbocycles. The van der Waals surface area contributed by atoms with Crippen LogP contribution in [0.15, 0.2) is 53.3 Å². The van der Waals surface area contributed by atoms with Crippen LogP contribution in [0, 0.1) is 6.92 Å². The second-order valence-electron chi connectivity index (χ2n) is 4.51. The average Bonchev–Trinajstić information content (AvgIpc) is 2.44. The Kier molecular flexibility index (Phi) is 2.88. The molecular formula is C16H12ClNO. The fourth-order valence-electron chi connectivity index (χ4n) is 2.21. The Bertz CT molecular complexity index is 806. The summed E-state index contributed by atoms with van der Waals surface area (Å²) in [4.78, 5) is 15.5. The Morgan fingerprint density at radius 2 is 1.79 bits per heavy atom. The summed E-state index contributed by atoms with van der Waals surface area (Å²) < 4.78 is 0. The highest BCUT2D eigenvalue weighted by Gasteiger charge is 2.08. The molecular weight excluding hydrogens is 258 g/mol. The number of nitrogens with one attached hydrogen (secondary N) is 1. The van der Waals surface area contributed by atoms with E-state index in [1.807, 2.05) is 37.3 Å². The third-order valence-corrected chi connectivity index (χ3v) is 3.69. The van der Waals surface area contributed by atoms with Crippen LogP contribution in [0.3, 0.4) is 0 Å². The molecule has 0 aliphatic heterocycles. The van der Waals surface area contributed by atoms with Crippen molar-refractivity contribution in [3.05, 3.63) is 69.3 Å². The van der Waals surface area contributed by atoms with Gasteiger partial charge >= 0.3 is 0 Å². The topological polar surface area (TPSA) is 32.9 Å². The van der Waals surface area contributed by atoms with Gasteiger partial charge in [0, 0.05) is 22.2 Å². The van der Waals surface area contributed by atoms with Crippen LogP contribution in [0.25, 0.3) is 22.2 Å². The van der Waals surface area contributed by atoms with Gasteiger partial charge in [0.1, 0.15) is 0 Å². The van der Waals surface area contributed by atoms with Crippen LogP contribution in [0.1, 0.15) is 5.56 Å². The molecule has 2 nitrogen and oxygen atoms in total. The van der Waals surface area contributed by atoms with E-state index in [1.165, 1.54) is 0 Å². The molecule has 19 heavy (non-hydrogen) atoms. The van der Waals surface area contributed by atoms with Crippen LogP contribution in [0.4, 0.5) is 0 Å². The molecule has 0 bridgehead atoms. The Balaban J connectivity index is 2.36. The van der Waals surface area contributed by atoms with Crippen molar-refractivity contribution in [1.29, 1.82) is 0 Å². The van der Waals surface area contributed by atoms with Crippen LogP contribution >= 0.6 is 11.6 Å². The van der Waals surface area contributed by atoms with Gasteiger partial charge < -0.3 is 4.98 Å². The number of hydrogen-bond donors (Lipinski definition) is 1. The minimum Gasteiger partial charge on any atom is -0.354 e. The number of halogens is 1. The molecule has 0 unspecified atom stereocenters. The normalized spacial score (nSPS) is 10.8. The molecule has 3 rings (SSSR count). The van der Waals surface area contributed by atoms with Gasteiger partial charge in [0.05, 0.1) is 5.52 Å². The summed E-state index contributed by atoms with van der Waals surface area (Å²) in [5.74, 6) is 0. The van der Waals surface area contributed by atoms with Gasteiger partial charge in [0.15, 0.2) is 5.43 Å². The van der Waals surface area contributed by atoms with Crippen LogP contribution in [0.2, 0.25) is 5.02 Å². The molecule has 2 aromatic carbocycles. The van der Waals surface area contributed by atoms with Crippen molar-refractivity contribution < 1.29 is 0 Å². The first-order valence-corrected chi connectivity index (χ1v) is 6.42. The summed E-state index contributed by atoms with van der Waals surface area (Å²) in [6, 6.07) is 14.9. The maximum absolute atomic E-state index is 12.2. The third-order valence-electron chi connectivity index (χ3n) is 3.28. The molecule has 1 N–H and O–H groups in total. The summed E-state index contributed by atoms with van der Waals surface area (Å²) >= 11 is 6.12. The van der Waals surface area contributed by atoms with Crippen LogP contribution < -0.4 is 5.43 Å². The minimum atomic E-state index is 0.00682. The van der Waals surface area contributed by atoms with E-state index >= 15 is 0 Å². The van der Waals surface area contributed by atoms with Crippen molar-refractivity contribution in [1.82, 2.24) is 4.98 Å². The van der Waals surface area contributed by atoms with E-state index in [0.29, 0.717) is 10.4 Å². The van der Waals surface area contributed by atoms with Crippen molar-refractivity contribution in [2.24, 2.45) is 0 Å². The van der Waals surface area contributed by atoms with E-state index in [-0.39, 0.29) is 5.43 Å². The van der Waals surface area contributed by atoms with Crippen LogP contribution in [0.5, 0.6) is 0 Å². The first-order chi connectivity index (χ1) is 9.16. The van der Waals surface area contributed by atoms with Gasteiger partial charge in [-0.25, -0.2) is 0 Å². The monoisotopic (exact) mass is 269 g/mol. The number of pyridine rings is 1. The number of aromatic amines is 1. The van der Waals surface area contributed by atoms with Gasteiger partial charge in [0.2, 0.25) is 0 Å². The number of aromatic nitrogens is 1. The molecule has 0 radical (unpaired) electrons. The Morgan fingerprint density at radius 3 is 2.53 bits per heavy atom. The number of H-pyrrole nitrogens is 1. The molecule has 0 atom stereocenters. The van der Waals surface area contributed by atoms with Gasteiger partial charge in [-0.1, -0.05) is 41.9 Å². The summed E-state index contributed by atoms with van der Waals surface area (Å²) in [6.45, 7) is 1.91. The fourth-order valence-corrected chi connectivity index (χ4v) is 2.36. The molecule has 3 heteroatoms. The van der Waals surface area contributed by atoms with Crippen molar-refractivity contribution >= 4 is 22.5 Å². The molecule has 3 aromatic rings. The maximum atomic E-state index is 12.2. The van der Waals surface area contributed by atoms with E-state index < -0.39 is 0 Å². The van der Waals surface area contributed by atoms with Crippen molar-refractivity contribution in [2.75, 3.05) is 0 Å². The molecule has 0 aliphatic carbocycles. The minimum absolute atomic E-state index is 0.00682. The van der Waals surface area contributed by atoms with Crippen molar-refractivity contribution in [3.8, 4) is 11.3 Å². The molecule has 0 fully saturated rings. The van der Waals surface area contributed by atoms with Gasteiger partial charge in [-0.3, -0.25) is 4.79 Å². The number of hydrogen-bond acceptors (Lipinski definition) is 1. The Hall–Kier alpha value is -2.06. The lowest BCUT2D eigenvalue weighted by Gasteiger charge is -2.08. The summed E-state index contributed by atoms with van der Waals surface area (Å²) in [5, 5.41) is 1.33. The number of aryl methyl sites for hydroxylation is 1. The highest BCUT2D eigenvalue weighted by atomic mass is 35.5. The molecule has 94 valence electrons. The van der Waals surface area contributed by atoms with Gasteiger partial charge in [-0.2, -0.15) is 0 Å².